The van der Waals surface area contributed by atoms with Gasteiger partial charge in [0.1, 0.15) is 11.8 Å². The van der Waals surface area contributed by atoms with Gasteiger partial charge in [-0.2, -0.15) is 0 Å². The second kappa shape index (κ2) is 7.92. The number of carbonyl (C=O) groups is 3. The zero-order valence-electron chi connectivity index (χ0n) is 11.5. The van der Waals surface area contributed by atoms with E-state index in [2.05, 4.69) is 5.32 Å². The van der Waals surface area contributed by atoms with Gasteiger partial charge in [-0.1, -0.05) is 26.2 Å². The van der Waals surface area contributed by atoms with Gasteiger partial charge in [0.2, 0.25) is 5.91 Å². The van der Waals surface area contributed by atoms with Gasteiger partial charge in [-0.3, -0.25) is 9.59 Å². The molecule has 0 spiro atoms. The van der Waals surface area contributed by atoms with Crippen LogP contribution in [0.15, 0.2) is 0 Å². The molecule has 0 bridgehead atoms. The third-order valence-corrected chi connectivity index (χ3v) is 3.70. The predicted molar refractivity (Wildman–Crippen MR) is 70.7 cm³/mol. The molecule has 0 unspecified atom stereocenters. The molecule has 0 heterocycles. The van der Waals surface area contributed by atoms with Crippen LogP contribution in [0.4, 0.5) is 0 Å². The minimum absolute atomic E-state index is 0.0261. The van der Waals surface area contributed by atoms with Gasteiger partial charge in [-0.15, -0.1) is 0 Å². The fourth-order valence-corrected chi connectivity index (χ4v) is 2.39. The Morgan fingerprint density at radius 3 is 2.37 bits per heavy atom. The second-order valence-electron chi connectivity index (χ2n) is 5.17. The highest BCUT2D eigenvalue weighted by Crippen LogP contribution is 2.23. The third-order valence-electron chi connectivity index (χ3n) is 3.70. The first-order valence-corrected chi connectivity index (χ1v) is 7.09. The van der Waals surface area contributed by atoms with Gasteiger partial charge in [-0.25, -0.2) is 4.79 Å². The van der Waals surface area contributed by atoms with Crippen molar-refractivity contribution in [3.8, 4) is 0 Å². The molecule has 1 fully saturated rings. The van der Waals surface area contributed by atoms with Crippen molar-refractivity contribution in [1.29, 1.82) is 0 Å². The standard InChI is InChI=1S/C14H23NO4/c1-2-11(16)8-9-12(14(18)19)15-13(17)10-6-4-3-5-7-10/h10,12H,2-9H2,1H3,(H,15,17)(H,18,19)/t12-/m1/s1. The molecule has 1 aliphatic rings. The summed E-state index contributed by atoms with van der Waals surface area (Å²) in [6, 6.07) is -0.940. The molecule has 5 nitrogen and oxygen atoms in total. The third kappa shape index (κ3) is 5.41. The number of aliphatic carboxylic acids is 1. The Bertz CT molecular complexity index is 334. The topological polar surface area (TPSA) is 83.5 Å². The number of carboxylic acids is 1. The molecule has 19 heavy (non-hydrogen) atoms. The van der Waals surface area contributed by atoms with Crippen molar-refractivity contribution in [2.45, 2.75) is 64.3 Å². The van der Waals surface area contributed by atoms with Crippen molar-refractivity contribution in [1.82, 2.24) is 5.32 Å². The Hall–Kier alpha value is -1.39. The van der Waals surface area contributed by atoms with Crippen molar-refractivity contribution in [3.05, 3.63) is 0 Å². The van der Waals surface area contributed by atoms with Gasteiger partial charge in [0, 0.05) is 18.8 Å². The summed E-state index contributed by atoms with van der Waals surface area (Å²) in [5.74, 6) is -1.26. The van der Waals surface area contributed by atoms with Crippen molar-refractivity contribution in [3.63, 3.8) is 0 Å². The molecule has 1 aliphatic carbocycles. The lowest BCUT2D eigenvalue weighted by atomic mass is 9.88. The summed E-state index contributed by atoms with van der Waals surface area (Å²) in [6.45, 7) is 1.75. The maximum Gasteiger partial charge on any atom is 0.326 e. The molecule has 0 radical (unpaired) electrons. The Kier molecular flexibility index (Phi) is 6.53. The molecule has 1 saturated carbocycles. The first-order valence-electron chi connectivity index (χ1n) is 7.09. The van der Waals surface area contributed by atoms with Gasteiger partial charge in [0.25, 0.3) is 0 Å². The summed E-state index contributed by atoms with van der Waals surface area (Å²) in [6.07, 6.45) is 5.69. The van der Waals surface area contributed by atoms with Gasteiger partial charge >= 0.3 is 5.97 Å². The molecule has 1 rings (SSSR count). The Labute approximate surface area is 113 Å². The number of carboxylic acid groups (broad SMARTS) is 1. The summed E-state index contributed by atoms with van der Waals surface area (Å²) in [7, 11) is 0. The van der Waals surface area contributed by atoms with Crippen LogP contribution in [0.2, 0.25) is 0 Å². The molecular weight excluding hydrogens is 246 g/mol. The first-order chi connectivity index (χ1) is 9.04. The Balaban J connectivity index is 2.45. The van der Waals surface area contributed by atoms with Crippen molar-refractivity contribution >= 4 is 17.7 Å². The minimum atomic E-state index is -1.06. The first kappa shape index (κ1) is 15.7. The van der Waals surface area contributed by atoms with Crippen LogP contribution in [0, 0.1) is 5.92 Å². The molecule has 2 N–H and O–H groups in total. The van der Waals surface area contributed by atoms with Gasteiger partial charge in [-0.05, 0) is 19.3 Å². The molecule has 108 valence electrons. The number of amides is 1. The molecular formula is C14H23NO4. The molecule has 0 aromatic carbocycles. The van der Waals surface area contributed by atoms with E-state index in [1.54, 1.807) is 6.92 Å². The smallest absolute Gasteiger partial charge is 0.326 e. The zero-order chi connectivity index (χ0) is 14.3. The largest absolute Gasteiger partial charge is 0.480 e. The number of hydrogen-bond donors (Lipinski definition) is 2. The average Bonchev–Trinajstić information content (AvgIpc) is 2.43. The number of nitrogens with one attached hydrogen (secondary N) is 1. The Morgan fingerprint density at radius 2 is 1.84 bits per heavy atom. The average molecular weight is 269 g/mol. The summed E-state index contributed by atoms with van der Waals surface area (Å²) in [4.78, 5) is 34.3. The van der Waals surface area contributed by atoms with Crippen molar-refractivity contribution in [2.75, 3.05) is 0 Å². The van der Waals surface area contributed by atoms with E-state index in [4.69, 9.17) is 5.11 Å². The lowest BCUT2D eigenvalue weighted by Gasteiger charge is -2.23. The van der Waals surface area contributed by atoms with Crippen LogP contribution in [0.1, 0.15) is 58.3 Å². The molecule has 1 amide bonds. The van der Waals surface area contributed by atoms with E-state index in [9.17, 15) is 14.4 Å². The van der Waals surface area contributed by atoms with E-state index in [-0.39, 0.29) is 30.4 Å². The molecule has 5 heteroatoms. The van der Waals surface area contributed by atoms with Gasteiger partial charge < -0.3 is 10.4 Å². The summed E-state index contributed by atoms with van der Waals surface area (Å²) in [5.41, 5.74) is 0. The number of rotatable bonds is 7. The van der Waals surface area contributed by atoms with E-state index in [1.807, 2.05) is 0 Å². The van der Waals surface area contributed by atoms with Gasteiger partial charge in [0.15, 0.2) is 0 Å². The highest BCUT2D eigenvalue weighted by atomic mass is 16.4. The number of ketones is 1. The fourth-order valence-electron chi connectivity index (χ4n) is 2.39. The number of hydrogen-bond acceptors (Lipinski definition) is 3. The summed E-state index contributed by atoms with van der Waals surface area (Å²) in [5, 5.41) is 11.7. The maximum atomic E-state index is 12.0. The van der Waals surface area contributed by atoms with Crippen LogP contribution >= 0.6 is 0 Å². The molecule has 0 aromatic heterocycles. The van der Waals surface area contributed by atoms with Crippen molar-refractivity contribution in [2.24, 2.45) is 5.92 Å². The molecule has 0 aliphatic heterocycles. The maximum absolute atomic E-state index is 12.0. The number of carbonyl (C=O) groups excluding carboxylic acids is 2. The van der Waals surface area contributed by atoms with E-state index in [1.165, 1.54) is 0 Å². The van der Waals surface area contributed by atoms with Crippen LogP contribution < -0.4 is 5.32 Å². The van der Waals surface area contributed by atoms with Gasteiger partial charge in [0.05, 0.1) is 0 Å². The number of Topliss-reactive ketones (excluding diaryl/α,β-unsaturated/α-hetero) is 1. The predicted octanol–water partition coefficient (Wildman–Crippen LogP) is 1.90. The van der Waals surface area contributed by atoms with Crippen LogP contribution in [0.25, 0.3) is 0 Å². The van der Waals surface area contributed by atoms with Crippen LogP contribution in [0.3, 0.4) is 0 Å². The highest BCUT2D eigenvalue weighted by Gasteiger charge is 2.26. The molecule has 1 atom stereocenters. The second-order valence-corrected chi connectivity index (χ2v) is 5.17. The van der Waals surface area contributed by atoms with Crippen LogP contribution in [-0.4, -0.2) is 28.8 Å². The van der Waals surface area contributed by atoms with E-state index in [0.717, 1.165) is 32.1 Å². The molecule has 0 saturated heterocycles. The monoisotopic (exact) mass is 269 g/mol. The zero-order valence-corrected chi connectivity index (χ0v) is 11.5. The summed E-state index contributed by atoms with van der Waals surface area (Å²) < 4.78 is 0. The molecule has 0 aromatic rings. The van der Waals surface area contributed by atoms with E-state index < -0.39 is 12.0 Å². The fraction of sp³-hybridized carbons (Fsp3) is 0.786. The lowest BCUT2D eigenvalue weighted by Crippen LogP contribution is -2.44. The Morgan fingerprint density at radius 1 is 1.21 bits per heavy atom. The highest BCUT2D eigenvalue weighted by molar-refractivity contribution is 5.85. The summed E-state index contributed by atoms with van der Waals surface area (Å²) >= 11 is 0. The normalized spacial score (nSPS) is 17.7. The quantitative estimate of drug-likeness (QED) is 0.739. The van der Waals surface area contributed by atoms with Crippen LogP contribution in [-0.2, 0) is 14.4 Å². The lowest BCUT2D eigenvalue weighted by molar-refractivity contribution is -0.143. The minimum Gasteiger partial charge on any atom is -0.480 e. The van der Waals surface area contributed by atoms with Crippen molar-refractivity contribution < 1.29 is 19.5 Å². The SMILES string of the molecule is CCC(=O)CC[C@@H](NC(=O)C1CCCCC1)C(=O)O. The van der Waals surface area contributed by atoms with Crippen LogP contribution in [0.5, 0.6) is 0 Å². The van der Waals surface area contributed by atoms with E-state index in [0.29, 0.717) is 6.42 Å². The van der Waals surface area contributed by atoms with E-state index >= 15 is 0 Å².